The molecule has 1 aliphatic heterocycles. The van der Waals surface area contributed by atoms with Crippen molar-refractivity contribution in [3.63, 3.8) is 0 Å². The number of hydrogen-bond donors (Lipinski definition) is 1. The monoisotopic (exact) mass is 303 g/mol. The predicted molar refractivity (Wildman–Crippen MR) is 78.6 cm³/mol. The van der Waals surface area contributed by atoms with Crippen LogP contribution in [0.2, 0.25) is 0 Å². The first-order valence-electron chi connectivity index (χ1n) is 7.17. The summed E-state index contributed by atoms with van der Waals surface area (Å²) in [6.07, 6.45) is 0.125. The number of nitrogens with one attached hydrogen (secondary N) is 1. The van der Waals surface area contributed by atoms with Crippen LogP contribution in [0.5, 0.6) is 0 Å². The molecule has 2 rings (SSSR count). The van der Waals surface area contributed by atoms with Crippen molar-refractivity contribution in [3.05, 3.63) is 35.9 Å². The Morgan fingerprint density at radius 1 is 1.45 bits per heavy atom. The molecule has 1 heterocycles. The van der Waals surface area contributed by atoms with Gasteiger partial charge in [-0.3, -0.25) is 9.59 Å². The van der Waals surface area contributed by atoms with Gasteiger partial charge < -0.3 is 10.2 Å². The van der Waals surface area contributed by atoms with Gasteiger partial charge in [0.25, 0.3) is 5.91 Å². The molecule has 0 aliphatic carbocycles. The lowest BCUT2D eigenvalue weighted by atomic mass is 10.1. The maximum Gasteiger partial charge on any atom is 0.251 e. The molecule has 116 valence electrons. The standard InChI is InChI=1S/C16H18FN3O2/c1-12(19-15(22)13-5-3-2-4-6-13)9-14(21)20-8-7-16(17,10-18)11-20/h2-6,12H,7-9,11H2,1H3,(H,19,22)/t12-,16-/m0/s1. The van der Waals surface area contributed by atoms with Crippen LogP contribution in [0.15, 0.2) is 30.3 Å². The molecule has 1 aliphatic rings. The number of amides is 2. The van der Waals surface area contributed by atoms with E-state index < -0.39 is 5.67 Å². The molecule has 5 nitrogen and oxygen atoms in total. The number of halogens is 1. The molecule has 22 heavy (non-hydrogen) atoms. The first-order valence-corrected chi connectivity index (χ1v) is 7.17. The van der Waals surface area contributed by atoms with Gasteiger partial charge in [0, 0.05) is 31.0 Å². The quantitative estimate of drug-likeness (QED) is 0.919. The smallest absolute Gasteiger partial charge is 0.251 e. The van der Waals surface area contributed by atoms with Crippen molar-refractivity contribution >= 4 is 11.8 Å². The largest absolute Gasteiger partial charge is 0.349 e. The number of nitrogens with zero attached hydrogens (tertiary/aromatic N) is 2. The number of rotatable bonds is 4. The molecular formula is C16H18FN3O2. The minimum absolute atomic E-state index is 0.0417. The molecule has 6 heteroatoms. The molecule has 2 amide bonds. The maximum absolute atomic E-state index is 13.8. The SMILES string of the molecule is C[C@@H](CC(=O)N1CC[C@](F)(C#N)C1)NC(=O)c1ccccc1. The first-order chi connectivity index (χ1) is 10.4. The minimum Gasteiger partial charge on any atom is -0.349 e. The van der Waals surface area contributed by atoms with Gasteiger partial charge in [0.15, 0.2) is 0 Å². The normalized spacial score (nSPS) is 22.0. The molecular weight excluding hydrogens is 285 g/mol. The van der Waals surface area contributed by atoms with Crippen LogP contribution in [0.1, 0.15) is 30.1 Å². The van der Waals surface area contributed by atoms with Gasteiger partial charge in [0.2, 0.25) is 11.6 Å². The van der Waals surface area contributed by atoms with Crippen LogP contribution in [0.25, 0.3) is 0 Å². The molecule has 1 aromatic carbocycles. The second-order valence-corrected chi connectivity index (χ2v) is 5.59. The van der Waals surface area contributed by atoms with E-state index in [0.717, 1.165) is 0 Å². The molecule has 2 atom stereocenters. The summed E-state index contributed by atoms with van der Waals surface area (Å²) in [6, 6.07) is 9.95. The second-order valence-electron chi connectivity index (χ2n) is 5.59. The summed E-state index contributed by atoms with van der Waals surface area (Å²) in [5.74, 6) is -0.505. The number of hydrogen-bond acceptors (Lipinski definition) is 3. The topological polar surface area (TPSA) is 73.2 Å². The molecule has 0 spiro atoms. The van der Waals surface area contributed by atoms with Crippen molar-refractivity contribution in [2.45, 2.75) is 31.5 Å². The Balaban J connectivity index is 1.85. The molecule has 0 unspecified atom stereocenters. The zero-order valence-electron chi connectivity index (χ0n) is 12.4. The summed E-state index contributed by atoms with van der Waals surface area (Å²) < 4.78 is 13.8. The Hall–Kier alpha value is -2.42. The fourth-order valence-corrected chi connectivity index (χ4v) is 2.42. The molecule has 1 fully saturated rings. The Labute approximate surface area is 128 Å². The van der Waals surface area contributed by atoms with Crippen molar-refractivity contribution in [1.29, 1.82) is 5.26 Å². The van der Waals surface area contributed by atoms with Crippen LogP contribution in [0.3, 0.4) is 0 Å². The Morgan fingerprint density at radius 3 is 2.73 bits per heavy atom. The van der Waals surface area contributed by atoms with Crippen molar-refractivity contribution in [1.82, 2.24) is 10.2 Å². The molecule has 1 N–H and O–H groups in total. The van der Waals surface area contributed by atoms with E-state index in [9.17, 15) is 14.0 Å². The average Bonchev–Trinajstić information content (AvgIpc) is 2.91. The zero-order valence-corrected chi connectivity index (χ0v) is 12.4. The summed E-state index contributed by atoms with van der Waals surface area (Å²) >= 11 is 0. The number of alkyl halides is 1. The Bertz CT molecular complexity index is 599. The van der Waals surface area contributed by atoms with Gasteiger partial charge in [-0.25, -0.2) is 4.39 Å². The molecule has 0 bridgehead atoms. The fraction of sp³-hybridized carbons (Fsp3) is 0.438. The van der Waals surface area contributed by atoms with Crippen LogP contribution in [-0.2, 0) is 4.79 Å². The van der Waals surface area contributed by atoms with E-state index in [-0.39, 0.29) is 43.8 Å². The van der Waals surface area contributed by atoms with Crippen LogP contribution >= 0.6 is 0 Å². The van der Waals surface area contributed by atoms with Crippen LogP contribution in [0, 0.1) is 11.3 Å². The highest BCUT2D eigenvalue weighted by Gasteiger charge is 2.40. The van der Waals surface area contributed by atoms with E-state index in [4.69, 9.17) is 5.26 Å². The maximum atomic E-state index is 13.8. The zero-order chi connectivity index (χ0) is 16.2. The third kappa shape index (κ3) is 3.82. The molecule has 0 radical (unpaired) electrons. The molecule has 1 saturated heterocycles. The van der Waals surface area contributed by atoms with Crippen molar-refractivity contribution in [2.75, 3.05) is 13.1 Å². The second kappa shape index (κ2) is 6.56. The van der Waals surface area contributed by atoms with E-state index in [1.807, 2.05) is 6.07 Å². The van der Waals surface area contributed by atoms with Gasteiger partial charge in [-0.05, 0) is 19.1 Å². The molecule has 0 aromatic heterocycles. The van der Waals surface area contributed by atoms with Crippen molar-refractivity contribution < 1.29 is 14.0 Å². The van der Waals surface area contributed by atoms with Gasteiger partial charge in [-0.1, -0.05) is 18.2 Å². The van der Waals surface area contributed by atoms with E-state index in [0.29, 0.717) is 5.56 Å². The van der Waals surface area contributed by atoms with E-state index in [1.54, 1.807) is 37.3 Å². The number of likely N-dealkylation sites (tertiary alicyclic amines) is 1. The lowest BCUT2D eigenvalue weighted by Crippen LogP contribution is -2.39. The van der Waals surface area contributed by atoms with Crippen LogP contribution in [-0.4, -0.2) is 41.5 Å². The number of carbonyl (C=O) groups is 2. The molecule has 1 aromatic rings. The number of carbonyl (C=O) groups excluding carboxylic acids is 2. The first kappa shape index (κ1) is 16.0. The molecule has 0 saturated carbocycles. The van der Waals surface area contributed by atoms with E-state index in [1.165, 1.54) is 4.90 Å². The van der Waals surface area contributed by atoms with Gasteiger partial charge >= 0.3 is 0 Å². The van der Waals surface area contributed by atoms with Gasteiger partial charge in [-0.2, -0.15) is 5.26 Å². The summed E-state index contributed by atoms with van der Waals surface area (Å²) in [5.41, 5.74) is -1.41. The third-order valence-electron chi connectivity index (χ3n) is 3.67. The van der Waals surface area contributed by atoms with Crippen LogP contribution < -0.4 is 5.32 Å². The fourth-order valence-electron chi connectivity index (χ4n) is 2.42. The summed E-state index contributed by atoms with van der Waals surface area (Å²) in [5, 5.41) is 11.5. The highest BCUT2D eigenvalue weighted by atomic mass is 19.1. The van der Waals surface area contributed by atoms with Gasteiger partial charge in [0.05, 0.1) is 6.54 Å². The summed E-state index contributed by atoms with van der Waals surface area (Å²) in [7, 11) is 0. The Morgan fingerprint density at radius 2 is 2.14 bits per heavy atom. The van der Waals surface area contributed by atoms with Crippen molar-refractivity contribution in [2.24, 2.45) is 0 Å². The minimum atomic E-state index is -1.94. The summed E-state index contributed by atoms with van der Waals surface area (Å²) in [4.78, 5) is 25.4. The predicted octanol–water partition coefficient (Wildman–Crippen LogP) is 1.66. The number of benzene rings is 1. The van der Waals surface area contributed by atoms with E-state index in [2.05, 4.69) is 5.32 Å². The van der Waals surface area contributed by atoms with Gasteiger partial charge in [-0.15, -0.1) is 0 Å². The lowest BCUT2D eigenvalue weighted by molar-refractivity contribution is -0.130. The third-order valence-corrected chi connectivity index (χ3v) is 3.67. The average molecular weight is 303 g/mol. The summed E-state index contributed by atoms with van der Waals surface area (Å²) in [6.45, 7) is 1.77. The number of nitriles is 1. The van der Waals surface area contributed by atoms with E-state index >= 15 is 0 Å². The van der Waals surface area contributed by atoms with Crippen LogP contribution in [0.4, 0.5) is 4.39 Å². The van der Waals surface area contributed by atoms with Crippen molar-refractivity contribution in [3.8, 4) is 6.07 Å². The highest BCUT2D eigenvalue weighted by Crippen LogP contribution is 2.25. The lowest BCUT2D eigenvalue weighted by Gasteiger charge is -2.20. The van der Waals surface area contributed by atoms with Gasteiger partial charge in [0.1, 0.15) is 6.07 Å². The Kier molecular flexibility index (Phi) is 4.76. The highest BCUT2D eigenvalue weighted by molar-refractivity contribution is 5.94.